The first kappa shape index (κ1) is 16.9. The first-order valence-corrected chi connectivity index (χ1v) is 8.35. The van der Waals surface area contributed by atoms with Gasteiger partial charge in [-0.2, -0.15) is 5.26 Å². The molecule has 5 heteroatoms. The maximum atomic E-state index is 8.89. The van der Waals surface area contributed by atoms with E-state index in [-0.39, 0.29) is 0 Å². The smallest absolute Gasteiger partial charge is 0.183 e. The molecule has 2 rings (SSSR count). The molecule has 0 saturated carbocycles. The Morgan fingerprint density at radius 1 is 1.17 bits per heavy atom. The van der Waals surface area contributed by atoms with Gasteiger partial charge in [0.1, 0.15) is 5.75 Å². The van der Waals surface area contributed by atoms with Crippen molar-refractivity contribution in [2.45, 2.75) is 19.6 Å². The van der Waals surface area contributed by atoms with Crippen LogP contribution in [-0.2, 0) is 5.75 Å². The molecule has 118 valence electrons. The minimum absolute atomic E-state index is 0.581. The van der Waals surface area contributed by atoms with E-state index in [1.54, 1.807) is 0 Å². The van der Waals surface area contributed by atoms with Crippen molar-refractivity contribution in [2.75, 3.05) is 6.61 Å². The summed E-state index contributed by atoms with van der Waals surface area (Å²) in [5, 5.41) is 12.1. The number of ether oxygens (including phenoxy) is 1. The lowest BCUT2D eigenvalue weighted by Crippen LogP contribution is -2.13. The quantitative estimate of drug-likeness (QED) is 0.383. The van der Waals surface area contributed by atoms with Gasteiger partial charge in [0.25, 0.3) is 0 Å². The van der Waals surface area contributed by atoms with Gasteiger partial charge in [0, 0.05) is 5.75 Å². The van der Waals surface area contributed by atoms with Crippen LogP contribution in [0.3, 0.4) is 0 Å². The lowest BCUT2D eigenvalue weighted by molar-refractivity contribution is 0.340. The molecule has 0 spiro atoms. The fourth-order valence-electron chi connectivity index (χ4n) is 1.88. The Morgan fingerprint density at radius 3 is 2.48 bits per heavy atom. The third kappa shape index (κ3) is 5.68. The Bertz CT molecular complexity index is 688. The van der Waals surface area contributed by atoms with Crippen molar-refractivity contribution in [1.29, 1.82) is 5.26 Å². The van der Waals surface area contributed by atoms with Gasteiger partial charge >= 0.3 is 0 Å². The molecule has 0 heterocycles. The number of rotatable bonds is 5. The first-order chi connectivity index (χ1) is 11.2. The lowest BCUT2D eigenvalue weighted by atomic mass is 10.2. The number of thioether (sulfide) groups is 1. The van der Waals surface area contributed by atoms with Crippen molar-refractivity contribution >= 4 is 22.6 Å². The second kappa shape index (κ2) is 8.86. The summed E-state index contributed by atoms with van der Waals surface area (Å²) < 4.78 is 5.41. The number of amidine groups is 1. The molecule has 0 aliphatic heterocycles. The average Bonchev–Trinajstić information content (AvgIpc) is 2.56. The molecule has 23 heavy (non-hydrogen) atoms. The molecule has 4 nitrogen and oxygen atoms in total. The second-order valence-corrected chi connectivity index (χ2v) is 5.82. The van der Waals surface area contributed by atoms with Crippen LogP contribution in [0, 0.1) is 18.4 Å². The predicted octanol–water partition coefficient (Wildman–Crippen LogP) is 4.39. The highest BCUT2D eigenvalue weighted by atomic mass is 32.2. The zero-order valence-corrected chi connectivity index (χ0v) is 14.1. The minimum Gasteiger partial charge on any atom is -0.494 e. The van der Waals surface area contributed by atoms with Crippen molar-refractivity contribution in [3.05, 3.63) is 59.7 Å². The number of nitrogens with one attached hydrogen (secondary N) is 1. The number of aliphatic imine (C=N–C) groups is 1. The van der Waals surface area contributed by atoms with E-state index in [2.05, 4.69) is 41.5 Å². The largest absolute Gasteiger partial charge is 0.494 e. The van der Waals surface area contributed by atoms with Crippen molar-refractivity contribution in [3.63, 3.8) is 0 Å². The molecule has 0 fully saturated rings. The van der Waals surface area contributed by atoms with E-state index >= 15 is 0 Å². The number of nitriles is 1. The molecule has 0 radical (unpaired) electrons. The van der Waals surface area contributed by atoms with E-state index in [0.717, 1.165) is 17.2 Å². The summed E-state index contributed by atoms with van der Waals surface area (Å²) in [6, 6.07) is 15.8. The Morgan fingerprint density at radius 2 is 1.87 bits per heavy atom. The minimum atomic E-state index is 0.581. The van der Waals surface area contributed by atoms with Crippen LogP contribution in [0.1, 0.15) is 18.1 Å². The Balaban J connectivity index is 2.04. The number of nitrogens with zero attached hydrogens (tertiary/aromatic N) is 2. The number of aryl methyl sites for hydroxylation is 1. The Kier molecular flexibility index (Phi) is 6.52. The van der Waals surface area contributed by atoms with E-state index in [1.165, 1.54) is 22.9 Å². The summed E-state index contributed by atoms with van der Waals surface area (Å²) in [7, 11) is 0. The van der Waals surface area contributed by atoms with Crippen molar-refractivity contribution in [1.82, 2.24) is 5.32 Å². The van der Waals surface area contributed by atoms with E-state index in [4.69, 9.17) is 10.00 Å². The zero-order chi connectivity index (χ0) is 16.5. The molecule has 0 aromatic heterocycles. The number of benzene rings is 2. The van der Waals surface area contributed by atoms with E-state index in [0.29, 0.717) is 11.8 Å². The van der Waals surface area contributed by atoms with Gasteiger partial charge in [-0.05, 0) is 43.7 Å². The molecule has 0 aliphatic rings. The van der Waals surface area contributed by atoms with Gasteiger partial charge in [0.05, 0.1) is 12.3 Å². The Labute approximate surface area is 141 Å². The summed E-state index contributed by atoms with van der Waals surface area (Å²) in [5.41, 5.74) is 3.21. The molecule has 0 atom stereocenters. The van der Waals surface area contributed by atoms with Gasteiger partial charge in [-0.3, -0.25) is 5.32 Å². The number of hydrogen-bond acceptors (Lipinski definition) is 4. The fraction of sp³-hybridized carbons (Fsp3) is 0.222. The first-order valence-electron chi connectivity index (χ1n) is 7.36. The highest BCUT2D eigenvalue weighted by Gasteiger charge is 2.02. The van der Waals surface area contributed by atoms with Crippen LogP contribution in [0.5, 0.6) is 5.75 Å². The summed E-state index contributed by atoms with van der Waals surface area (Å²) in [6.45, 7) is 4.64. The van der Waals surface area contributed by atoms with Gasteiger partial charge in [-0.25, -0.2) is 4.99 Å². The van der Waals surface area contributed by atoms with Gasteiger partial charge in [0.15, 0.2) is 11.4 Å². The second-order valence-electron chi connectivity index (χ2n) is 4.85. The summed E-state index contributed by atoms with van der Waals surface area (Å²) in [4.78, 5) is 4.47. The molecule has 2 aromatic rings. The average molecular weight is 325 g/mol. The maximum absolute atomic E-state index is 8.89. The molecule has 1 N–H and O–H groups in total. The van der Waals surface area contributed by atoms with Crippen LogP contribution in [0.4, 0.5) is 5.69 Å². The van der Waals surface area contributed by atoms with Gasteiger partial charge in [-0.1, -0.05) is 41.6 Å². The van der Waals surface area contributed by atoms with Crippen LogP contribution < -0.4 is 10.1 Å². The molecule has 0 saturated heterocycles. The van der Waals surface area contributed by atoms with E-state index in [1.807, 2.05) is 37.4 Å². The molecule has 0 unspecified atom stereocenters. The van der Waals surface area contributed by atoms with Crippen molar-refractivity contribution in [2.24, 2.45) is 4.99 Å². The van der Waals surface area contributed by atoms with Crippen LogP contribution in [-0.4, -0.2) is 11.8 Å². The highest BCUT2D eigenvalue weighted by Crippen LogP contribution is 2.21. The standard InChI is InChI=1S/C18H19N3OS/c1-3-22-17-10-8-16(9-11-17)21-18(20-13-19)23-12-15-6-4-14(2)5-7-15/h4-11H,3,12H2,1-2H3,(H,20,21). The van der Waals surface area contributed by atoms with Crippen LogP contribution in [0.25, 0.3) is 0 Å². The molecule has 0 bridgehead atoms. The topological polar surface area (TPSA) is 57.4 Å². The number of hydrogen-bond donors (Lipinski definition) is 1. The van der Waals surface area contributed by atoms with Gasteiger partial charge < -0.3 is 4.74 Å². The SMILES string of the molecule is CCOc1ccc(N=C(NC#N)SCc2ccc(C)cc2)cc1. The zero-order valence-electron chi connectivity index (χ0n) is 13.2. The molecule has 0 amide bonds. The van der Waals surface area contributed by atoms with Crippen LogP contribution in [0.15, 0.2) is 53.5 Å². The molecular weight excluding hydrogens is 306 g/mol. The van der Waals surface area contributed by atoms with Crippen LogP contribution >= 0.6 is 11.8 Å². The summed E-state index contributed by atoms with van der Waals surface area (Å²) in [5.74, 6) is 1.57. The molecule has 2 aromatic carbocycles. The van der Waals surface area contributed by atoms with Gasteiger partial charge in [-0.15, -0.1) is 0 Å². The van der Waals surface area contributed by atoms with Gasteiger partial charge in [0.2, 0.25) is 0 Å². The van der Waals surface area contributed by atoms with E-state index < -0.39 is 0 Å². The predicted molar refractivity (Wildman–Crippen MR) is 95.9 cm³/mol. The monoisotopic (exact) mass is 325 g/mol. The molecule has 0 aliphatic carbocycles. The third-order valence-corrected chi connectivity index (χ3v) is 3.98. The van der Waals surface area contributed by atoms with Crippen molar-refractivity contribution in [3.8, 4) is 11.9 Å². The third-order valence-electron chi connectivity index (χ3n) is 3.04. The summed E-state index contributed by atoms with van der Waals surface area (Å²) in [6.07, 6.45) is 1.94. The normalized spacial score (nSPS) is 10.9. The Hall–Kier alpha value is -2.45. The molecular formula is C18H19N3OS. The van der Waals surface area contributed by atoms with E-state index in [9.17, 15) is 0 Å². The highest BCUT2D eigenvalue weighted by molar-refractivity contribution is 8.13. The maximum Gasteiger partial charge on any atom is 0.183 e. The fourth-order valence-corrected chi connectivity index (χ4v) is 2.66. The lowest BCUT2D eigenvalue weighted by Gasteiger charge is -2.06. The summed E-state index contributed by atoms with van der Waals surface area (Å²) >= 11 is 1.50. The van der Waals surface area contributed by atoms with Crippen LogP contribution in [0.2, 0.25) is 0 Å². The van der Waals surface area contributed by atoms with Crippen molar-refractivity contribution < 1.29 is 4.74 Å².